The van der Waals surface area contributed by atoms with Gasteiger partial charge in [0.2, 0.25) is 0 Å². The molecule has 4 heteroatoms. The number of anilines is 1. The van der Waals surface area contributed by atoms with Gasteiger partial charge in [0.25, 0.3) is 0 Å². The molecule has 3 nitrogen and oxygen atoms in total. The number of pyridine rings is 1. The summed E-state index contributed by atoms with van der Waals surface area (Å²) in [6, 6.07) is 18.1. The second-order valence-electron chi connectivity index (χ2n) is 7.11. The highest BCUT2D eigenvalue weighted by atomic mass is 35.5. The number of rotatable bonds is 4. The summed E-state index contributed by atoms with van der Waals surface area (Å²) in [5.41, 5.74) is 2.02. The van der Waals surface area contributed by atoms with E-state index in [-0.39, 0.29) is 0 Å². The van der Waals surface area contributed by atoms with Crippen molar-refractivity contribution in [2.24, 2.45) is 5.92 Å². The zero-order valence-electron chi connectivity index (χ0n) is 15.0. The summed E-state index contributed by atoms with van der Waals surface area (Å²) < 4.78 is 6.08. The van der Waals surface area contributed by atoms with Crippen molar-refractivity contribution >= 4 is 28.3 Å². The fourth-order valence-corrected chi connectivity index (χ4v) is 3.67. The number of hydrogen-bond acceptors (Lipinski definition) is 3. The lowest BCUT2D eigenvalue weighted by Crippen LogP contribution is -2.34. The molecule has 0 radical (unpaired) electrons. The molecule has 0 spiro atoms. The molecule has 0 bridgehead atoms. The average molecular weight is 367 g/mol. The van der Waals surface area contributed by atoms with Crippen LogP contribution in [0.2, 0.25) is 5.02 Å². The van der Waals surface area contributed by atoms with E-state index < -0.39 is 0 Å². The molecule has 1 atom stereocenters. The van der Waals surface area contributed by atoms with Gasteiger partial charge in [-0.05, 0) is 54.7 Å². The maximum atomic E-state index is 6.08. The summed E-state index contributed by atoms with van der Waals surface area (Å²) in [6.45, 7) is 4.97. The van der Waals surface area contributed by atoms with Crippen LogP contribution >= 0.6 is 11.6 Å². The van der Waals surface area contributed by atoms with E-state index in [4.69, 9.17) is 21.3 Å². The van der Waals surface area contributed by atoms with Gasteiger partial charge in [0, 0.05) is 23.5 Å². The molecule has 2 aromatic carbocycles. The zero-order chi connectivity index (χ0) is 17.9. The van der Waals surface area contributed by atoms with Crippen molar-refractivity contribution in [1.82, 2.24) is 4.98 Å². The van der Waals surface area contributed by atoms with Gasteiger partial charge in [-0.25, -0.2) is 4.98 Å². The molecule has 1 aliphatic heterocycles. The van der Waals surface area contributed by atoms with Crippen molar-refractivity contribution in [3.63, 3.8) is 0 Å². The summed E-state index contributed by atoms with van der Waals surface area (Å²) >= 11 is 5.95. The minimum absolute atomic E-state index is 0.503. The number of fused-ring (bicyclic) bond motifs is 1. The van der Waals surface area contributed by atoms with E-state index in [1.807, 2.05) is 36.4 Å². The van der Waals surface area contributed by atoms with Gasteiger partial charge >= 0.3 is 0 Å². The molecule has 1 aromatic heterocycles. The summed E-state index contributed by atoms with van der Waals surface area (Å²) in [7, 11) is 0. The second kappa shape index (κ2) is 7.55. The number of halogens is 1. The van der Waals surface area contributed by atoms with Crippen LogP contribution in [0.5, 0.6) is 5.75 Å². The molecule has 0 saturated carbocycles. The van der Waals surface area contributed by atoms with Crippen LogP contribution in [-0.2, 0) is 6.61 Å². The number of ether oxygens (including phenoxy) is 1. The number of nitrogens with zero attached hydrogens (tertiary/aromatic N) is 2. The van der Waals surface area contributed by atoms with Gasteiger partial charge in [-0.3, -0.25) is 0 Å². The summed E-state index contributed by atoms with van der Waals surface area (Å²) in [6.07, 6.45) is 2.54. The predicted molar refractivity (Wildman–Crippen MR) is 108 cm³/mol. The Bertz CT molecular complexity index is 894. The smallest absolute Gasteiger partial charge is 0.146 e. The molecule has 134 valence electrons. The lowest BCUT2D eigenvalue weighted by Gasteiger charge is -2.32. The standard InChI is InChI=1S/C22H23ClN2O/c1-16-4-3-13-25(14-16)21-12-9-18-5-2-6-20(22(18)24-21)26-15-17-7-10-19(23)11-8-17/h2,5-12,16H,3-4,13-15H2,1H3/t16-/m0/s1. The van der Waals surface area contributed by atoms with Crippen molar-refractivity contribution in [2.45, 2.75) is 26.4 Å². The highest BCUT2D eigenvalue weighted by Crippen LogP contribution is 2.29. The first-order valence-corrected chi connectivity index (χ1v) is 9.59. The molecule has 0 unspecified atom stereocenters. The van der Waals surface area contributed by atoms with Gasteiger partial charge in [-0.15, -0.1) is 0 Å². The van der Waals surface area contributed by atoms with Crippen molar-refractivity contribution in [3.8, 4) is 5.75 Å². The molecule has 2 heterocycles. The average Bonchev–Trinajstić information content (AvgIpc) is 2.67. The second-order valence-corrected chi connectivity index (χ2v) is 7.54. The first kappa shape index (κ1) is 17.2. The van der Waals surface area contributed by atoms with Crippen LogP contribution in [0.25, 0.3) is 10.9 Å². The first-order chi connectivity index (χ1) is 12.7. The molecule has 26 heavy (non-hydrogen) atoms. The Balaban J connectivity index is 1.59. The van der Waals surface area contributed by atoms with E-state index in [2.05, 4.69) is 30.0 Å². The predicted octanol–water partition coefficient (Wildman–Crippen LogP) is 5.70. The van der Waals surface area contributed by atoms with Crippen LogP contribution in [0, 0.1) is 5.92 Å². The molecular weight excluding hydrogens is 344 g/mol. The Morgan fingerprint density at radius 3 is 2.77 bits per heavy atom. The Hall–Kier alpha value is -2.26. The third-order valence-electron chi connectivity index (χ3n) is 4.96. The topological polar surface area (TPSA) is 25.4 Å². The van der Waals surface area contributed by atoms with Gasteiger partial charge in [0.15, 0.2) is 0 Å². The minimum atomic E-state index is 0.503. The van der Waals surface area contributed by atoms with Crippen molar-refractivity contribution in [1.29, 1.82) is 0 Å². The molecule has 0 amide bonds. The molecular formula is C22H23ClN2O. The van der Waals surface area contributed by atoms with E-state index in [1.165, 1.54) is 12.8 Å². The van der Waals surface area contributed by atoms with E-state index in [0.717, 1.165) is 52.1 Å². The summed E-state index contributed by atoms with van der Waals surface area (Å²) in [5.74, 6) is 2.59. The molecule has 0 aliphatic carbocycles. The molecule has 3 aromatic rings. The first-order valence-electron chi connectivity index (χ1n) is 9.21. The van der Waals surface area contributed by atoms with Crippen molar-refractivity contribution in [3.05, 3.63) is 65.2 Å². The Morgan fingerprint density at radius 2 is 1.96 bits per heavy atom. The van der Waals surface area contributed by atoms with Crippen LogP contribution in [0.1, 0.15) is 25.3 Å². The Morgan fingerprint density at radius 1 is 1.12 bits per heavy atom. The van der Waals surface area contributed by atoms with E-state index in [1.54, 1.807) is 0 Å². The molecule has 1 fully saturated rings. The maximum absolute atomic E-state index is 6.08. The van der Waals surface area contributed by atoms with Crippen LogP contribution in [0.15, 0.2) is 54.6 Å². The van der Waals surface area contributed by atoms with Gasteiger partial charge in [0.1, 0.15) is 23.7 Å². The zero-order valence-corrected chi connectivity index (χ0v) is 15.7. The van der Waals surface area contributed by atoms with E-state index in [9.17, 15) is 0 Å². The fourth-order valence-electron chi connectivity index (χ4n) is 3.54. The lowest BCUT2D eigenvalue weighted by atomic mass is 10.0. The summed E-state index contributed by atoms with van der Waals surface area (Å²) in [5, 5.41) is 1.84. The fraction of sp³-hybridized carbons (Fsp3) is 0.318. The maximum Gasteiger partial charge on any atom is 0.146 e. The van der Waals surface area contributed by atoms with Crippen LogP contribution in [0.3, 0.4) is 0 Å². The number of para-hydroxylation sites is 1. The minimum Gasteiger partial charge on any atom is -0.487 e. The largest absolute Gasteiger partial charge is 0.487 e. The Kier molecular flexibility index (Phi) is 4.98. The number of benzene rings is 2. The Labute approximate surface area is 159 Å². The molecule has 0 N–H and O–H groups in total. The van der Waals surface area contributed by atoms with Crippen LogP contribution in [-0.4, -0.2) is 18.1 Å². The van der Waals surface area contributed by atoms with Crippen LogP contribution < -0.4 is 9.64 Å². The monoisotopic (exact) mass is 366 g/mol. The van der Waals surface area contributed by atoms with Gasteiger partial charge in [0.05, 0.1) is 0 Å². The highest BCUT2D eigenvalue weighted by molar-refractivity contribution is 6.30. The van der Waals surface area contributed by atoms with Crippen molar-refractivity contribution in [2.75, 3.05) is 18.0 Å². The third kappa shape index (κ3) is 3.78. The lowest BCUT2D eigenvalue weighted by molar-refractivity contribution is 0.309. The number of aromatic nitrogens is 1. The quantitative estimate of drug-likeness (QED) is 0.591. The number of hydrogen-bond donors (Lipinski definition) is 0. The van der Waals surface area contributed by atoms with Crippen LogP contribution in [0.4, 0.5) is 5.82 Å². The molecule has 1 saturated heterocycles. The molecule has 4 rings (SSSR count). The van der Waals surface area contributed by atoms with E-state index in [0.29, 0.717) is 6.61 Å². The van der Waals surface area contributed by atoms with Gasteiger partial charge in [-0.1, -0.05) is 42.8 Å². The van der Waals surface area contributed by atoms with Gasteiger partial charge < -0.3 is 9.64 Å². The SMILES string of the molecule is C[C@H]1CCCN(c2ccc3cccc(OCc4ccc(Cl)cc4)c3n2)C1. The van der Waals surface area contributed by atoms with Crippen molar-refractivity contribution < 1.29 is 4.74 Å². The van der Waals surface area contributed by atoms with E-state index >= 15 is 0 Å². The highest BCUT2D eigenvalue weighted by Gasteiger charge is 2.18. The summed E-state index contributed by atoms with van der Waals surface area (Å²) in [4.78, 5) is 7.33. The third-order valence-corrected chi connectivity index (χ3v) is 5.21. The number of piperidine rings is 1. The van der Waals surface area contributed by atoms with Gasteiger partial charge in [-0.2, -0.15) is 0 Å². The molecule has 1 aliphatic rings. The normalized spacial score (nSPS) is 17.5.